The Balaban J connectivity index is 1.23. The Morgan fingerprint density at radius 2 is 1.61 bits per heavy atom. The number of hydrogen-bond donors (Lipinski definition) is 1. The number of hydrogen-bond acceptors (Lipinski definition) is 9. The summed E-state index contributed by atoms with van der Waals surface area (Å²) in [6.45, 7) is 2.04. The van der Waals surface area contributed by atoms with Crippen LogP contribution in [0.25, 0.3) is 22.7 Å². The van der Waals surface area contributed by atoms with E-state index in [2.05, 4.69) is 30.5 Å². The lowest BCUT2D eigenvalue weighted by Gasteiger charge is -2.12. The molecule has 0 saturated heterocycles. The van der Waals surface area contributed by atoms with Gasteiger partial charge in [-0.1, -0.05) is 66.6 Å². The van der Waals surface area contributed by atoms with Crippen LogP contribution in [-0.4, -0.2) is 42.8 Å². The maximum absolute atomic E-state index is 13.7. The molecule has 1 aliphatic carbocycles. The van der Waals surface area contributed by atoms with E-state index in [-0.39, 0.29) is 40.8 Å². The summed E-state index contributed by atoms with van der Waals surface area (Å²) in [5.74, 6) is 0.266. The summed E-state index contributed by atoms with van der Waals surface area (Å²) >= 11 is 0. The Labute approximate surface area is 249 Å². The molecule has 1 N–H and O–H groups in total. The van der Waals surface area contributed by atoms with Gasteiger partial charge in [0, 0.05) is 52.7 Å². The molecule has 4 heterocycles. The highest BCUT2D eigenvalue weighted by molar-refractivity contribution is 6.16. The van der Waals surface area contributed by atoms with Crippen molar-refractivity contribution in [1.29, 1.82) is 0 Å². The zero-order valence-electron chi connectivity index (χ0n) is 23.3. The molecule has 1 fully saturated rings. The highest BCUT2D eigenvalue weighted by atomic mass is 19.4. The van der Waals surface area contributed by atoms with Gasteiger partial charge < -0.3 is 9.73 Å². The topological polar surface area (TPSA) is 119 Å². The first-order valence-electron chi connectivity index (χ1n) is 13.9. The van der Waals surface area contributed by atoms with Crippen LogP contribution in [0.2, 0.25) is 0 Å². The molecular weight excluding hydrogens is 571 g/mol. The molecule has 0 bridgehead atoms. The molecule has 9 nitrogen and oxygen atoms in total. The summed E-state index contributed by atoms with van der Waals surface area (Å²) in [6, 6.07) is 17.9. The van der Waals surface area contributed by atoms with Crippen LogP contribution in [0, 0.1) is 0 Å². The predicted octanol–water partition coefficient (Wildman–Crippen LogP) is 6.06. The number of Topliss-reactive ketones (excluding diaryl/α,β-unsaturated/α-hetero) is 1. The van der Waals surface area contributed by atoms with E-state index in [1.807, 2.05) is 61.5 Å². The lowest BCUT2D eigenvalue weighted by atomic mass is 9.96. The van der Waals surface area contributed by atoms with Crippen LogP contribution in [0.15, 0.2) is 88.7 Å². The monoisotopic (exact) mass is 595 g/mol. The van der Waals surface area contributed by atoms with Crippen molar-refractivity contribution in [1.82, 2.24) is 25.1 Å². The molecule has 0 unspecified atom stereocenters. The van der Waals surface area contributed by atoms with Crippen LogP contribution >= 0.6 is 0 Å². The molecule has 12 heteroatoms. The number of fused-ring (bicyclic) bond motifs is 1. The molecule has 0 spiro atoms. The van der Waals surface area contributed by atoms with Gasteiger partial charge in [0.25, 0.3) is 5.89 Å². The molecule has 2 aliphatic rings. The van der Waals surface area contributed by atoms with E-state index in [1.165, 1.54) is 12.4 Å². The second-order valence-corrected chi connectivity index (χ2v) is 11.1. The standard InChI is InChI=1S/C32H24F3N7O2/c1-31(11-12-31)29-37-15-20(16-38-29)23-14-21(32(33,34)35)17-36-26(23)28-41-42-30(44-28)40-27-24(43)13-19-9-5-6-10-22(19)25(39-27)18-7-3-2-4-8-18/h2-10,14-17,27H,11-13H2,1H3,(H,40,42)/t27-/m1/s1. The van der Waals surface area contributed by atoms with Gasteiger partial charge in [-0.3, -0.25) is 9.79 Å². The SMILES string of the molecule is CC1(c2ncc(-c3cc(C(F)(F)F)cnc3-c3nnc(N[C@H]4N=C(c5ccccc5)c5ccccc5CC4=O)o3)cn2)CC1. The molecule has 1 atom stereocenters. The third-order valence-electron chi connectivity index (χ3n) is 7.85. The first kappa shape index (κ1) is 27.6. The third kappa shape index (κ3) is 5.23. The fourth-order valence-corrected chi connectivity index (χ4v) is 5.09. The number of aromatic nitrogens is 5. The number of carbonyl (C=O) groups is 1. The molecule has 2 aromatic carbocycles. The Kier molecular flexibility index (Phi) is 6.56. The zero-order chi connectivity index (χ0) is 30.5. The average molecular weight is 596 g/mol. The van der Waals surface area contributed by atoms with Crippen molar-refractivity contribution in [2.24, 2.45) is 4.99 Å². The fourth-order valence-electron chi connectivity index (χ4n) is 5.09. The van der Waals surface area contributed by atoms with Crippen LogP contribution < -0.4 is 5.32 Å². The average Bonchev–Trinajstić information content (AvgIpc) is 3.65. The first-order valence-corrected chi connectivity index (χ1v) is 13.9. The highest BCUT2D eigenvalue weighted by Gasteiger charge is 2.42. The van der Waals surface area contributed by atoms with Crippen molar-refractivity contribution in [2.45, 2.75) is 43.9 Å². The largest absolute Gasteiger partial charge is 0.417 e. The molecule has 0 amide bonds. The summed E-state index contributed by atoms with van der Waals surface area (Å²) in [6.07, 6.45) is -0.00710. The summed E-state index contributed by atoms with van der Waals surface area (Å²) in [5, 5.41) is 11.0. The number of rotatable bonds is 6. The van der Waals surface area contributed by atoms with Crippen molar-refractivity contribution in [3.05, 3.63) is 107 Å². The molecule has 1 aliphatic heterocycles. The molecule has 3 aromatic heterocycles. The zero-order valence-corrected chi connectivity index (χ0v) is 23.3. The molecule has 7 rings (SSSR count). The van der Waals surface area contributed by atoms with Crippen LogP contribution in [0.5, 0.6) is 0 Å². The van der Waals surface area contributed by atoms with E-state index >= 15 is 0 Å². The van der Waals surface area contributed by atoms with Gasteiger partial charge in [-0.25, -0.2) is 15.0 Å². The summed E-state index contributed by atoms with van der Waals surface area (Å²) < 4.78 is 46.8. The minimum Gasteiger partial charge on any atom is -0.402 e. The van der Waals surface area contributed by atoms with Crippen molar-refractivity contribution in [2.75, 3.05) is 5.32 Å². The van der Waals surface area contributed by atoms with Crippen LogP contribution in [0.3, 0.4) is 0 Å². The molecule has 1 saturated carbocycles. The number of halogens is 3. The third-order valence-corrected chi connectivity index (χ3v) is 7.85. The molecule has 0 radical (unpaired) electrons. The van der Waals surface area contributed by atoms with Gasteiger partial charge >= 0.3 is 12.2 Å². The molecule has 44 heavy (non-hydrogen) atoms. The van der Waals surface area contributed by atoms with E-state index in [9.17, 15) is 18.0 Å². The fraction of sp³-hybridized carbons (Fsp3) is 0.219. The van der Waals surface area contributed by atoms with Gasteiger partial charge in [-0.15, -0.1) is 5.10 Å². The van der Waals surface area contributed by atoms with Crippen molar-refractivity contribution >= 4 is 17.5 Å². The molecular formula is C32H24F3N7O2. The number of alkyl halides is 3. The lowest BCUT2D eigenvalue weighted by Crippen LogP contribution is -2.29. The number of anilines is 1. The maximum atomic E-state index is 13.7. The van der Waals surface area contributed by atoms with Gasteiger partial charge in [0.15, 0.2) is 11.9 Å². The smallest absolute Gasteiger partial charge is 0.402 e. The lowest BCUT2D eigenvalue weighted by molar-refractivity contribution is -0.137. The second-order valence-electron chi connectivity index (χ2n) is 11.1. The Hall–Kier alpha value is -5.26. The first-order chi connectivity index (χ1) is 21.2. The Morgan fingerprint density at radius 1 is 0.886 bits per heavy atom. The summed E-state index contributed by atoms with van der Waals surface area (Å²) in [7, 11) is 0. The second kappa shape index (κ2) is 10.5. The van der Waals surface area contributed by atoms with Gasteiger partial charge in [-0.2, -0.15) is 13.2 Å². The number of nitrogens with zero attached hydrogens (tertiary/aromatic N) is 6. The van der Waals surface area contributed by atoms with Crippen molar-refractivity contribution < 1.29 is 22.4 Å². The van der Waals surface area contributed by atoms with Gasteiger partial charge in [0.05, 0.1) is 11.3 Å². The Bertz CT molecular complexity index is 1900. The number of pyridine rings is 1. The number of aliphatic imine (C=N–C) groups is 1. The quantitative estimate of drug-likeness (QED) is 0.252. The molecule has 5 aromatic rings. The number of carbonyl (C=O) groups excluding carboxylic acids is 1. The number of ketones is 1. The van der Waals surface area contributed by atoms with E-state index < -0.39 is 17.9 Å². The highest BCUT2D eigenvalue weighted by Crippen LogP contribution is 2.46. The van der Waals surface area contributed by atoms with Crippen molar-refractivity contribution in [3.8, 4) is 22.7 Å². The number of benzene rings is 2. The minimum absolute atomic E-state index is 0.0145. The van der Waals surface area contributed by atoms with Crippen molar-refractivity contribution in [3.63, 3.8) is 0 Å². The van der Waals surface area contributed by atoms with E-state index in [0.717, 1.165) is 35.6 Å². The number of nitrogens with one attached hydrogen (secondary N) is 1. The maximum Gasteiger partial charge on any atom is 0.417 e. The van der Waals surface area contributed by atoms with Gasteiger partial charge in [-0.05, 0) is 24.5 Å². The van der Waals surface area contributed by atoms with Crippen LogP contribution in [0.1, 0.15) is 47.8 Å². The van der Waals surface area contributed by atoms with Crippen LogP contribution in [-0.2, 0) is 22.8 Å². The predicted molar refractivity (Wildman–Crippen MR) is 155 cm³/mol. The Morgan fingerprint density at radius 3 is 2.34 bits per heavy atom. The minimum atomic E-state index is -4.63. The van der Waals surface area contributed by atoms with E-state index in [4.69, 9.17) is 9.41 Å². The molecule has 220 valence electrons. The van der Waals surface area contributed by atoms with E-state index in [1.54, 1.807) is 0 Å². The normalized spacial score (nSPS) is 17.4. The van der Waals surface area contributed by atoms with Gasteiger partial charge in [0.1, 0.15) is 11.5 Å². The van der Waals surface area contributed by atoms with E-state index in [0.29, 0.717) is 23.3 Å². The van der Waals surface area contributed by atoms with Crippen LogP contribution in [0.4, 0.5) is 19.2 Å². The van der Waals surface area contributed by atoms with Gasteiger partial charge in [0.2, 0.25) is 0 Å². The summed E-state index contributed by atoms with van der Waals surface area (Å²) in [4.78, 5) is 30.9. The summed E-state index contributed by atoms with van der Waals surface area (Å²) in [5.41, 5.74) is 2.47.